The lowest BCUT2D eigenvalue weighted by molar-refractivity contribution is -0.121. The van der Waals surface area contributed by atoms with Crippen molar-refractivity contribution in [1.29, 1.82) is 0 Å². The van der Waals surface area contributed by atoms with Gasteiger partial charge < -0.3 is 25.6 Å². The van der Waals surface area contributed by atoms with Crippen molar-refractivity contribution in [2.45, 2.75) is 70.7 Å². The normalized spacial score (nSPS) is 26.2. The van der Waals surface area contributed by atoms with Crippen molar-refractivity contribution >= 4 is 23.4 Å². The highest BCUT2D eigenvalue weighted by atomic mass is 16.6. The van der Waals surface area contributed by atoms with Gasteiger partial charge in [0.2, 0.25) is 17.6 Å². The minimum absolute atomic E-state index is 0.0342. The SMILES string of the molecule is CCCCC(C)C=C(C)C=CC(=O)NC1=CC(O)(C=CC=CC=CC(=O)NC2=C(O)CCC2=O)C2OC2C1=O. The number of ketones is 2. The molecule has 39 heavy (non-hydrogen) atoms. The van der Waals surface area contributed by atoms with E-state index in [9.17, 15) is 29.4 Å². The first-order valence-corrected chi connectivity index (χ1v) is 13.1. The van der Waals surface area contributed by atoms with Gasteiger partial charge in [-0.1, -0.05) is 68.7 Å². The number of rotatable bonds is 12. The van der Waals surface area contributed by atoms with Gasteiger partial charge in [0.15, 0.2) is 11.9 Å². The second-order valence-corrected chi connectivity index (χ2v) is 9.98. The summed E-state index contributed by atoms with van der Waals surface area (Å²) in [5.41, 5.74) is -0.764. The largest absolute Gasteiger partial charge is 0.510 e. The van der Waals surface area contributed by atoms with Gasteiger partial charge in [-0.2, -0.15) is 0 Å². The van der Waals surface area contributed by atoms with E-state index in [1.165, 1.54) is 42.5 Å². The van der Waals surface area contributed by atoms with Crippen molar-refractivity contribution in [3.8, 4) is 0 Å². The maximum atomic E-state index is 12.5. The fourth-order valence-corrected chi connectivity index (χ4v) is 4.37. The maximum Gasteiger partial charge on any atom is 0.248 e. The van der Waals surface area contributed by atoms with Gasteiger partial charge in [0.1, 0.15) is 23.2 Å². The van der Waals surface area contributed by atoms with Crippen LogP contribution in [-0.2, 0) is 23.9 Å². The van der Waals surface area contributed by atoms with E-state index >= 15 is 0 Å². The average Bonchev–Trinajstić information content (AvgIpc) is 3.65. The lowest BCUT2D eigenvalue weighted by atomic mass is 9.88. The summed E-state index contributed by atoms with van der Waals surface area (Å²) in [4.78, 5) is 48.5. The monoisotopic (exact) mass is 536 g/mol. The Balaban J connectivity index is 1.56. The van der Waals surface area contributed by atoms with Crippen molar-refractivity contribution in [3.63, 3.8) is 0 Å². The maximum absolute atomic E-state index is 12.5. The van der Waals surface area contributed by atoms with Crippen LogP contribution in [0.2, 0.25) is 0 Å². The summed E-state index contributed by atoms with van der Waals surface area (Å²) < 4.78 is 5.36. The second-order valence-electron chi connectivity index (χ2n) is 9.98. The Morgan fingerprint density at radius 3 is 2.51 bits per heavy atom. The van der Waals surface area contributed by atoms with Crippen molar-refractivity contribution < 1.29 is 34.1 Å². The van der Waals surface area contributed by atoms with E-state index in [4.69, 9.17) is 4.74 Å². The number of allylic oxidation sites excluding steroid dienone is 9. The van der Waals surface area contributed by atoms with Crippen molar-refractivity contribution in [2.75, 3.05) is 0 Å². The van der Waals surface area contributed by atoms with E-state index in [0.717, 1.165) is 24.8 Å². The molecule has 2 aliphatic carbocycles. The molecule has 9 heteroatoms. The highest BCUT2D eigenvalue weighted by molar-refractivity contribution is 6.06. The molecule has 2 amide bonds. The first-order valence-electron chi connectivity index (χ1n) is 13.1. The van der Waals surface area contributed by atoms with Crippen LogP contribution in [0.4, 0.5) is 0 Å². The minimum Gasteiger partial charge on any atom is -0.510 e. The zero-order chi connectivity index (χ0) is 28.6. The van der Waals surface area contributed by atoms with Gasteiger partial charge in [-0.05, 0) is 31.4 Å². The smallest absolute Gasteiger partial charge is 0.248 e. The van der Waals surface area contributed by atoms with Crippen LogP contribution in [0, 0.1) is 5.92 Å². The number of epoxide rings is 1. The van der Waals surface area contributed by atoms with Crippen LogP contribution in [0.25, 0.3) is 0 Å². The number of hydrogen-bond donors (Lipinski definition) is 4. The Hall–Kier alpha value is -3.82. The first-order chi connectivity index (χ1) is 18.5. The molecule has 0 bridgehead atoms. The summed E-state index contributed by atoms with van der Waals surface area (Å²) in [5, 5.41) is 25.5. The summed E-state index contributed by atoms with van der Waals surface area (Å²) in [6.45, 7) is 6.19. The highest BCUT2D eigenvalue weighted by Gasteiger charge is 2.59. The van der Waals surface area contributed by atoms with E-state index in [2.05, 4.69) is 30.6 Å². The van der Waals surface area contributed by atoms with Gasteiger partial charge in [-0.15, -0.1) is 0 Å². The molecule has 4 N–H and O–H groups in total. The molecule has 0 spiro atoms. The summed E-state index contributed by atoms with van der Waals surface area (Å²) in [6, 6.07) is 0. The van der Waals surface area contributed by atoms with Crippen molar-refractivity contribution in [2.24, 2.45) is 5.92 Å². The number of hydrogen-bond acceptors (Lipinski definition) is 7. The van der Waals surface area contributed by atoms with Crippen LogP contribution in [0.15, 0.2) is 83.5 Å². The second kappa shape index (κ2) is 13.3. The lowest BCUT2D eigenvalue weighted by Gasteiger charge is -2.23. The van der Waals surface area contributed by atoms with E-state index < -0.39 is 35.4 Å². The van der Waals surface area contributed by atoms with Crippen molar-refractivity contribution in [3.05, 3.63) is 83.5 Å². The topological polar surface area (TPSA) is 145 Å². The summed E-state index contributed by atoms with van der Waals surface area (Å²) >= 11 is 0. The summed E-state index contributed by atoms with van der Waals surface area (Å²) in [6.07, 6.45) is 17.2. The third-order valence-electron chi connectivity index (χ3n) is 6.51. The van der Waals surface area contributed by atoms with Gasteiger partial charge in [0, 0.05) is 25.0 Å². The number of fused-ring (bicyclic) bond motifs is 1. The summed E-state index contributed by atoms with van der Waals surface area (Å²) in [7, 11) is 0. The third-order valence-corrected chi connectivity index (χ3v) is 6.51. The van der Waals surface area contributed by atoms with Crippen LogP contribution >= 0.6 is 0 Å². The van der Waals surface area contributed by atoms with Crippen LogP contribution in [-0.4, -0.2) is 51.4 Å². The Morgan fingerprint density at radius 2 is 1.82 bits per heavy atom. The first kappa shape index (κ1) is 29.7. The highest BCUT2D eigenvalue weighted by Crippen LogP contribution is 2.40. The molecule has 0 aromatic heterocycles. The molecule has 9 nitrogen and oxygen atoms in total. The van der Waals surface area contributed by atoms with Crippen LogP contribution in [0.5, 0.6) is 0 Å². The molecule has 1 fully saturated rings. The Morgan fingerprint density at radius 1 is 1.10 bits per heavy atom. The molecule has 4 atom stereocenters. The molecule has 1 heterocycles. The molecular formula is C30H36N2O7. The quantitative estimate of drug-likeness (QED) is 0.170. The lowest BCUT2D eigenvalue weighted by Crippen LogP contribution is -2.42. The van der Waals surface area contributed by atoms with Crippen LogP contribution in [0.1, 0.15) is 52.9 Å². The Labute approximate surface area is 228 Å². The van der Waals surface area contributed by atoms with Gasteiger partial charge >= 0.3 is 0 Å². The molecule has 3 rings (SSSR count). The molecule has 208 valence electrons. The number of amides is 2. The number of carbonyl (C=O) groups excluding carboxylic acids is 4. The third kappa shape index (κ3) is 8.33. The van der Waals surface area contributed by atoms with Crippen LogP contribution in [0.3, 0.4) is 0 Å². The van der Waals surface area contributed by atoms with Gasteiger partial charge in [-0.25, -0.2) is 0 Å². The molecule has 0 aromatic carbocycles. The number of nitrogens with one attached hydrogen (secondary N) is 2. The molecule has 0 saturated carbocycles. The standard InChI is InChI=1S/C30H36N2O7/c1-4-5-10-19(2)17-20(3)12-15-25(36)31-21-18-30(38,29-28(39-29)27(21)37)16-9-7-6-8-11-24(35)32-26-22(33)13-14-23(26)34/h6-9,11-12,15-19,28-29,33,38H,4-5,10,13-14H2,1-3H3,(H,31,36)(H,32,35). The fourth-order valence-electron chi connectivity index (χ4n) is 4.37. The van der Waals surface area contributed by atoms with E-state index in [-0.39, 0.29) is 35.8 Å². The predicted octanol–water partition coefficient (Wildman–Crippen LogP) is 3.31. The predicted molar refractivity (Wildman–Crippen MR) is 146 cm³/mol. The van der Waals surface area contributed by atoms with Gasteiger partial charge in [0.05, 0.1) is 5.70 Å². The van der Waals surface area contributed by atoms with Crippen LogP contribution < -0.4 is 10.6 Å². The van der Waals surface area contributed by atoms with E-state index in [0.29, 0.717) is 5.92 Å². The zero-order valence-electron chi connectivity index (χ0n) is 22.5. The number of ether oxygens (including phenoxy) is 1. The Bertz CT molecular complexity index is 1220. The fraction of sp³-hybridized carbons (Fsp3) is 0.400. The molecule has 3 aliphatic rings. The van der Waals surface area contributed by atoms with E-state index in [1.54, 1.807) is 12.2 Å². The van der Waals surface area contributed by atoms with Gasteiger partial charge in [0.25, 0.3) is 0 Å². The minimum atomic E-state index is -1.60. The van der Waals surface area contributed by atoms with Crippen molar-refractivity contribution in [1.82, 2.24) is 10.6 Å². The molecular weight excluding hydrogens is 500 g/mol. The molecule has 1 saturated heterocycles. The van der Waals surface area contributed by atoms with E-state index in [1.807, 2.05) is 6.92 Å². The van der Waals surface area contributed by atoms with Gasteiger partial charge in [-0.3, -0.25) is 19.2 Å². The summed E-state index contributed by atoms with van der Waals surface area (Å²) in [5.74, 6) is -1.48. The Kier molecular flexibility index (Phi) is 10.1. The zero-order valence-corrected chi connectivity index (χ0v) is 22.5. The number of carbonyl (C=O) groups is 4. The molecule has 1 aliphatic heterocycles. The number of aliphatic hydroxyl groups is 2. The average molecular weight is 537 g/mol. The molecule has 0 aromatic rings. The number of unbranched alkanes of at least 4 members (excludes halogenated alkanes) is 1. The molecule has 4 unspecified atom stereocenters. The number of Topliss-reactive ketones (excluding diaryl/α,β-unsaturated/α-hetero) is 2. The number of aliphatic hydroxyl groups excluding tert-OH is 1. The molecule has 0 radical (unpaired) electrons.